The number of amides is 2. The number of rotatable bonds is 7. The molecule has 0 aliphatic carbocycles. The molecular formula is C23H26F2N2O3. The second-order valence-corrected chi connectivity index (χ2v) is 7.38. The first-order chi connectivity index (χ1) is 14.4. The van der Waals surface area contributed by atoms with Crippen LogP contribution in [-0.4, -0.2) is 53.9 Å². The van der Waals surface area contributed by atoms with E-state index in [9.17, 15) is 18.4 Å². The van der Waals surface area contributed by atoms with Crippen LogP contribution in [0, 0.1) is 11.6 Å². The van der Waals surface area contributed by atoms with Crippen LogP contribution >= 0.6 is 0 Å². The van der Waals surface area contributed by atoms with Crippen LogP contribution in [-0.2, 0) is 16.0 Å². The fourth-order valence-electron chi connectivity index (χ4n) is 3.48. The monoisotopic (exact) mass is 416 g/mol. The summed E-state index contributed by atoms with van der Waals surface area (Å²) in [7, 11) is 0. The molecule has 2 aromatic carbocycles. The molecule has 3 rings (SSSR count). The molecule has 5 nitrogen and oxygen atoms in total. The molecule has 1 unspecified atom stereocenters. The number of carbonyl (C=O) groups is 2. The lowest BCUT2D eigenvalue weighted by Crippen LogP contribution is -2.53. The molecule has 0 aromatic heterocycles. The van der Waals surface area contributed by atoms with Gasteiger partial charge in [-0.3, -0.25) is 9.59 Å². The SMILES string of the molecule is CC(Oc1ccc(F)c(F)c1)C(=O)N1CCN(C(=O)CCCc2ccccc2)CC1. The van der Waals surface area contributed by atoms with Gasteiger partial charge < -0.3 is 14.5 Å². The van der Waals surface area contributed by atoms with Crippen molar-refractivity contribution in [3.63, 3.8) is 0 Å². The number of benzene rings is 2. The molecule has 2 aromatic rings. The van der Waals surface area contributed by atoms with E-state index in [0.717, 1.165) is 25.0 Å². The lowest BCUT2D eigenvalue weighted by Gasteiger charge is -2.36. The van der Waals surface area contributed by atoms with Gasteiger partial charge in [-0.05, 0) is 37.5 Å². The van der Waals surface area contributed by atoms with Gasteiger partial charge in [0.05, 0.1) is 0 Å². The Morgan fingerprint density at radius 3 is 2.30 bits per heavy atom. The summed E-state index contributed by atoms with van der Waals surface area (Å²) in [6.45, 7) is 3.38. The van der Waals surface area contributed by atoms with Crippen LogP contribution < -0.4 is 4.74 Å². The van der Waals surface area contributed by atoms with Gasteiger partial charge in [-0.1, -0.05) is 30.3 Å². The van der Waals surface area contributed by atoms with E-state index in [0.29, 0.717) is 32.6 Å². The van der Waals surface area contributed by atoms with Gasteiger partial charge in [-0.25, -0.2) is 8.78 Å². The van der Waals surface area contributed by atoms with Crippen molar-refractivity contribution < 1.29 is 23.1 Å². The molecule has 0 N–H and O–H groups in total. The maximum Gasteiger partial charge on any atom is 0.263 e. The fraction of sp³-hybridized carbons (Fsp3) is 0.391. The Kier molecular flexibility index (Phi) is 7.38. The fourth-order valence-corrected chi connectivity index (χ4v) is 3.48. The number of nitrogens with zero attached hydrogens (tertiary/aromatic N) is 2. The van der Waals surface area contributed by atoms with Crippen molar-refractivity contribution in [1.29, 1.82) is 0 Å². The molecule has 2 amide bonds. The lowest BCUT2D eigenvalue weighted by molar-refractivity contribution is -0.143. The minimum absolute atomic E-state index is 0.0991. The number of hydrogen-bond acceptors (Lipinski definition) is 3. The van der Waals surface area contributed by atoms with E-state index in [2.05, 4.69) is 12.1 Å². The summed E-state index contributed by atoms with van der Waals surface area (Å²) in [6.07, 6.45) is 1.31. The number of piperazine rings is 1. The summed E-state index contributed by atoms with van der Waals surface area (Å²) in [5.74, 6) is -2.03. The first-order valence-corrected chi connectivity index (χ1v) is 10.2. The summed E-state index contributed by atoms with van der Waals surface area (Å²) in [4.78, 5) is 28.4. The number of halogens is 2. The van der Waals surface area contributed by atoms with Crippen molar-refractivity contribution in [1.82, 2.24) is 9.80 Å². The van der Waals surface area contributed by atoms with Crippen LogP contribution in [0.25, 0.3) is 0 Å². The summed E-state index contributed by atoms with van der Waals surface area (Å²) in [5.41, 5.74) is 1.22. The smallest absolute Gasteiger partial charge is 0.263 e. The van der Waals surface area contributed by atoms with Gasteiger partial charge in [0.1, 0.15) is 5.75 Å². The van der Waals surface area contributed by atoms with Crippen LogP contribution in [0.2, 0.25) is 0 Å². The second kappa shape index (κ2) is 10.2. The summed E-state index contributed by atoms with van der Waals surface area (Å²) >= 11 is 0. The van der Waals surface area contributed by atoms with Crippen LogP contribution in [0.15, 0.2) is 48.5 Å². The Balaban J connectivity index is 1.41. The van der Waals surface area contributed by atoms with E-state index < -0.39 is 17.7 Å². The van der Waals surface area contributed by atoms with E-state index in [1.54, 1.807) is 16.7 Å². The Bertz CT molecular complexity index is 868. The highest BCUT2D eigenvalue weighted by molar-refractivity contribution is 5.81. The maximum absolute atomic E-state index is 13.3. The van der Waals surface area contributed by atoms with Crippen LogP contribution in [0.3, 0.4) is 0 Å². The van der Waals surface area contributed by atoms with Crippen LogP contribution in [0.4, 0.5) is 8.78 Å². The Morgan fingerprint density at radius 1 is 0.967 bits per heavy atom. The van der Waals surface area contributed by atoms with Gasteiger partial charge in [-0.2, -0.15) is 0 Å². The summed E-state index contributed by atoms with van der Waals surface area (Å²) in [6, 6.07) is 13.2. The average molecular weight is 416 g/mol. The molecular weight excluding hydrogens is 390 g/mol. The van der Waals surface area contributed by atoms with Gasteiger partial charge in [0.15, 0.2) is 17.7 Å². The Labute approximate surface area is 175 Å². The molecule has 1 atom stereocenters. The van der Waals surface area contributed by atoms with Crippen molar-refractivity contribution in [2.45, 2.75) is 32.3 Å². The standard InChI is InChI=1S/C23H26F2N2O3/c1-17(30-19-10-11-20(24)21(25)16-19)23(29)27-14-12-26(13-15-27)22(28)9-5-8-18-6-3-2-4-7-18/h2-4,6-7,10-11,16-17H,5,8-9,12-15H2,1H3. The number of hydrogen-bond donors (Lipinski definition) is 0. The summed E-state index contributed by atoms with van der Waals surface area (Å²) in [5, 5.41) is 0. The number of aryl methyl sites for hydroxylation is 1. The van der Waals surface area contributed by atoms with E-state index in [-0.39, 0.29) is 17.6 Å². The minimum Gasteiger partial charge on any atom is -0.481 e. The highest BCUT2D eigenvalue weighted by Gasteiger charge is 2.27. The van der Waals surface area contributed by atoms with Crippen molar-refractivity contribution in [3.8, 4) is 5.75 Å². The third-order valence-electron chi connectivity index (χ3n) is 5.19. The Morgan fingerprint density at radius 2 is 1.63 bits per heavy atom. The van der Waals surface area contributed by atoms with E-state index in [1.807, 2.05) is 18.2 Å². The van der Waals surface area contributed by atoms with E-state index in [1.165, 1.54) is 11.6 Å². The van der Waals surface area contributed by atoms with Crippen molar-refractivity contribution in [2.75, 3.05) is 26.2 Å². The average Bonchev–Trinajstić information content (AvgIpc) is 2.76. The highest BCUT2D eigenvalue weighted by atomic mass is 19.2. The quantitative estimate of drug-likeness (QED) is 0.695. The molecule has 0 spiro atoms. The molecule has 1 aliphatic rings. The molecule has 1 saturated heterocycles. The van der Waals surface area contributed by atoms with E-state index >= 15 is 0 Å². The van der Waals surface area contributed by atoms with Crippen LogP contribution in [0.5, 0.6) is 5.75 Å². The number of ether oxygens (including phenoxy) is 1. The van der Waals surface area contributed by atoms with Crippen molar-refractivity contribution >= 4 is 11.8 Å². The van der Waals surface area contributed by atoms with Gasteiger partial charge in [0.25, 0.3) is 5.91 Å². The number of carbonyl (C=O) groups excluding carboxylic acids is 2. The second-order valence-electron chi connectivity index (χ2n) is 7.38. The van der Waals surface area contributed by atoms with Gasteiger partial charge in [-0.15, -0.1) is 0 Å². The maximum atomic E-state index is 13.3. The predicted molar refractivity (Wildman–Crippen MR) is 109 cm³/mol. The zero-order valence-electron chi connectivity index (χ0n) is 17.0. The zero-order chi connectivity index (χ0) is 21.5. The molecule has 1 heterocycles. The van der Waals surface area contributed by atoms with Gasteiger partial charge in [0, 0.05) is 38.7 Å². The highest BCUT2D eigenvalue weighted by Crippen LogP contribution is 2.18. The first-order valence-electron chi connectivity index (χ1n) is 10.2. The predicted octanol–water partition coefficient (Wildman–Crippen LogP) is 3.43. The topological polar surface area (TPSA) is 49.9 Å². The molecule has 0 saturated carbocycles. The largest absolute Gasteiger partial charge is 0.481 e. The van der Waals surface area contributed by atoms with Gasteiger partial charge >= 0.3 is 0 Å². The van der Waals surface area contributed by atoms with Crippen molar-refractivity contribution in [2.24, 2.45) is 0 Å². The molecule has 30 heavy (non-hydrogen) atoms. The molecule has 1 fully saturated rings. The molecule has 160 valence electrons. The van der Waals surface area contributed by atoms with Crippen LogP contribution in [0.1, 0.15) is 25.3 Å². The first kappa shape index (κ1) is 21.7. The zero-order valence-corrected chi connectivity index (χ0v) is 17.0. The molecule has 0 bridgehead atoms. The molecule has 7 heteroatoms. The minimum atomic E-state index is -1.02. The van der Waals surface area contributed by atoms with Gasteiger partial charge in [0.2, 0.25) is 5.91 Å². The molecule has 0 radical (unpaired) electrons. The third-order valence-corrected chi connectivity index (χ3v) is 5.19. The van der Waals surface area contributed by atoms with Crippen molar-refractivity contribution in [3.05, 3.63) is 65.7 Å². The Hall–Kier alpha value is -2.96. The lowest BCUT2D eigenvalue weighted by atomic mass is 10.1. The normalized spacial score (nSPS) is 15.0. The van der Waals surface area contributed by atoms with E-state index in [4.69, 9.17) is 4.74 Å². The summed E-state index contributed by atoms with van der Waals surface area (Å²) < 4.78 is 31.8. The third kappa shape index (κ3) is 5.78. The molecule has 1 aliphatic heterocycles.